The summed E-state index contributed by atoms with van der Waals surface area (Å²) in [7, 11) is 0. The third-order valence-corrected chi connectivity index (χ3v) is 4.43. The van der Waals surface area contributed by atoms with Crippen LogP contribution in [-0.4, -0.2) is 25.0 Å². The average molecular weight is 326 g/mol. The molecular formula is C15H22BrN2O+. The second-order valence-corrected chi connectivity index (χ2v) is 6.40. The Balaban J connectivity index is 1.93. The molecule has 0 radical (unpaired) electrons. The number of amides is 1. The van der Waals surface area contributed by atoms with Crippen molar-refractivity contribution in [2.75, 3.05) is 18.4 Å². The lowest BCUT2D eigenvalue weighted by Crippen LogP contribution is -3.17. The van der Waals surface area contributed by atoms with Crippen LogP contribution in [0.4, 0.5) is 5.69 Å². The third-order valence-electron chi connectivity index (χ3n) is 3.93. The number of carbonyl (C=O) groups is 1. The van der Waals surface area contributed by atoms with Crippen molar-refractivity contribution in [3.63, 3.8) is 0 Å². The van der Waals surface area contributed by atoms with Crippen LogP contribution in [0.5, 0.6) is 0 Å². The molecule has 2 N–H and O–H groups in total. The maximum atomic E-state index is 12.1. The summed E-state index contributed by atoms with van der Waals surface area (Å²) in [6.45, 7) is 5.95. The predicted octanol–water partition coefficient (Wildman–Crippen LogP) is 2.15. The van der Waals surface area contributed by atoms with E-state index >= 15 is 0 Å². The summed E-state index contributed by atoms with van der Waals surface area (Å²) < 4.78 is 1.04. The first kappa shape index (κ1) is 14.5. The average Bonchev–Trinajstić information content (AvgIpc) is 2.36. The first-order valence-corrected chi connectivity index (χ1v) is 7.76. The highest BCUT2D eigenvalue weighted by Crippen LogP contribution is 2.19. The summed E-state index contributed by atoms with van der Waals surface area (Å²) in [6.07, 6.45) is 3.78. The SMILES string of the molecule is Cc1cc(Br)ccc1NC(=O)C[NH+]1CCCC[C@@H]1C. The zero-order chi connectivity index (χ0) is 13.8. The Morgan fingerprint density at radius 1 is 1.47 bits per heavy atom. The number of piperidine rings is 1. The molecule has 1 aliphatic rings. The number of anilines is 1. The number of likely N-dealkylation sites (tertiary alicyclic amines) is 1. The molecule has 2 rings (SSSR count). The van der Waals surface area contributed by atoms with E-state index in [0.29, 0.717) is 12.6 Å². The molecule has 19 heavy (non-hydrogen) atoms. The number of halogens is 1. The maximum Gasteiger partial charge on any atom is 0.279 e. The second kappa shape index (κ2) is 6.53. The molecule has 0 aliphatic carbocycles. The lowest BCUT2D eigenvalue weighted by atomic mass is 10.0. The predicted molar refractivity (Wildman–Crippen MR) is 81.5 cm³/mol. The van der Waals surface area contributed by atoms with Crippen LogP contribution in [0.2, 0.25) is 0 Å². The van der Waals surface area contributed by atoms with Gasteiger partial charge in [0.15, 0.2) is 6.54 Å². The highest BCUT2D eigenvalue weighted by molar-refractivity contribution is 9.10. The van der Waals surface area contributed by atoms with Crippen molar-refractivity contribution in [1.29, 1.82) is 0 Å². The van der Waals surface area contributed by atoms with Crippen LogP contribution in [0.25, 0.3) is 0 Å². The molecule has 1 fully saturated rings. The van der Waals surface area contributed by atoms with Crippen LogP contribution in [0.3, 0.4) is 0 Å². The van der Waals surface area contributed by atoms with Gasteiger partial charge in [-0.25, -0.2) is 0 Å². The Kier molecular flexibility index (Phi) is 4.99. The highest BCUT2D eigenvalue weighted by Gasteiger charge is 2.24. The first-order valence-electron chi connectivity index (χ1n) is 6.97. The van der Waals surface area contributed by atoms with Gasteiger partial charge in [-0.05, 0) is 56.9 Å². The largest absolute Gasteiger partial charge is 0.325 e. The van der Waals surface area contributed by atoms with Crippen molar-refractivity contribution in [2.45, 2.75) is 39.2 Å². The second-order valence-electron chi connectivity index (χ2n) is 5.49. The minimum absolute atomic E-state index is 0.120. The summed E-state index contributed by atoms with van der Waals surface area (Å²) in [5.41, 5.74) is 2.00. The molecule has 1 saturated heterocycles. The lowest BCUT2D eigenvalue weighted by Gasteiger charge is -2.29. The third kappa shape index (κ3) is 4.05. The molecule has 0 bridgehead atoms. The van der Waals surface area contributed by atoms with Crippen molar-refractivity contribution in [3.8, 4) is 0 Å². The number of nitrogens with one attached hydrogen (secondary N) is 2. The van der Waals surface area contributed by atoms with E-state index in [4.69, 9.17) is 0 Å². The molecule has 1 heterocycles. The van der Waals surface area contributed by atoms with Gasteiger partial charge < -0.3 is 10.2 Å². The molecule has 1 aromatic carbocycles. The van der Waals surface area contributed by atoms with E-state index in [1.54, 1.807) is 0 Å². The first-order chi connectivity index (χ1) is 9.06. The van der Waals surface area contributed by atoms with E-state index in [9.17, 15) is 4.79 Å². The van der Waals surface area contributed by atoms with Crippen molar-refractivity contribution >= 4 is 27.5 Å². The molecular weight excluding hydrogens is 304 g/mol. The fourth-order valence-corrected chi connectivity index (χ4v) is 3.16. The van der Waals surface area contributed by atoms with Gasteiger partial charge in [0, 0.05) is 10.2 Å². The maximum absolute atomic E-state index is 12.1. The smallest absolute Gasteiger partial charge is 0.279 e. The number of quaternary nitrogens is 1. The van der Waals surface area contributed by atoms with Gasteiger partial charge in [0.2, 0.25) is 0 Å². The fraction of sp³-hybridized carbons (Fsp3) is 0.533. The summed E-state index contributed by atoms with van der Waals surface area (Å²) in [4.78, 5) is 13.5. The number of hydrogen-bond donors (Lipinski definition) is 2. The Labute approximate surface area is 123 Å². The van der Waals surface area contributed by atoms with Gasteiger partial charge in [-0.3, -0.25) is 4.79 Å². The van der Waals surface area contributed by atoms with Gasteiger partial charge >= 0.3 is 0 Å². The van der Waals surface area contributed by atoms with E-state index in [-0.39, 0.29) is 5.91 Å². The van der Waals surface area contributed by atoms with Crippen molar-refractivity contribution in [2.24, 2.45) is 0 Å². The molecule has 1 amide bonds. The summed E-state index contributed by atoms with van der Waals surface area (Å²) in [6, 6.07) is 6.53. The van der Waals surface area contributed by atoms with E-state index in [2.05, 4.69) is 28.2 Å². The molecule has 4 heteroatoms. The van der Waals surface area contributed by atoms with E-state index < -0.39 is 0 Å². The Morgan fingerprint density at radius 2 is 2.26 bits per heavy atom. The molecule has 2 atom stereocenters. The van der Waals surface area contributed by atoms with E-state index in [1.165, 1.54) is 24.2 Å². The summed E-state index contributed by atoms with van der Waals surface area (Å²) in [5.74, 6) is 0.120. The Bertz CT molecular complexity index is 461. The number of aryl methyl sites for hydroxylation is 1. The summed E-state index contributed by atoms with van der Waals surface area (Å²) >= 11 is 3.43. The summed E-state index contributed by atoms with van der Waals surface area (Å²) in [5, 5.41) is 3.02. The highest BCUT2D eigenvalue weighted by atomic mass is 79.9. The zero-order valence-electron chi connectivity index (χ0n) is 11.6. The van der Waals surface area contributed by atoms with Gasteiger partial charge in [0.05, 0.1) is 12.6 Å². The molecule has 0 spiro atoms. The Hall–Kier alpha value is -0.870. The fourth-order valence-electron chi connectivity index (χ4n) is 2.68. The van der Waals surface area contributed by atoms with Crippen LogP contribution in [-0.2, 0) is 4.79 Å². The molecule has 0 aromatic heterocycles. The standard InChI is InChI=1S/C15H21BrN2O/c1-11-9-13(16)6-7-14(11)17-15(19)10-18-8-4-3-5-12(18)2/h6-7,9,12H,3-5,8,10H2,1-2H3,(H,17,19)/p+1/t12-/m0/s1. The van der Waals surface area contributed by atoms with Crippen LogP contribution in [0.1, 0.15) is 31.7 Å². The van der Waals surface area contributed by atoms with Gasteiger partial charge in [-0.15, -0.1) is 0 Å². The van der Waals surface area contributed by atoms with Crippen molar-refractivity contribution in [3.05, 3.63) is 28.2 Å². The van der Waals surface area contributed by atoms with Crippen molar-refractivity contribution in [1.82, 2.24) is 0 Å². The minimum atomic E-state index is 0.120. The van der Waals surface area contributed by atoms with Gasteiger partial charge in [-0.2, -0.15) is 0 Å². The topological polar surface area (TPSA) is 33.5 Å². The van der Waals surface area contributed by atoms with E-state index in [1.807, 2.05) is 25.1 Å². The minimum Gasteiger partial charge on any atom is -0.325 e. The monoisotopic (exact) mass is 325 g/mol. The van der Waals surface area contributed by atoms with Gasteiger partial charge in [0.25, 0.3) is 5.91 Å². The quantitative estimate of drug-likeness (QED) is 0.877. The molecule has 1 unspecified atom stereocenters. The lowest BCUT2D eigenvalue weighted by molar-refractivity contribution is -0.920. The number of benzene rings is 1. The molecule has 104 valence electrons. The van der Waals surface area contributed by atoms with Crippen LogP contribution in [0.15, 0.2) is 22.7 Å². The number of carbonyl (C=O) groups excluding carboxylic acids is 1. The molecule has 1 aliphatic heterocycles. The molecule has 3 nitrogen and oxygen atoms in total. The number of rotatable bonds is 3. The van der Waals surface area contributed by atoms with E-state index in [0.717, 1.165) is 22.3 Å². The van der Waals surface area contributed by atoms with Crippen LogP contribution < -0.4 is 10.2 Å². The van der Waals surface area contributed by atoms with Gasteiger partial charge in [0.1, 0.15) is 0 Å². The Morgan fingerprint density at radius 3 is 2.95 bits per heavy atom. The van der Waals surface area contributed by atoms with Gasteiger partial charge in [-0.1, -0.05) is 15.9 Å². The van der Waals surface area contributed by atoms with Crippen molar-refractivity contribution < 1.29 is 9.69 Å². The molecule has 0 saturated carbocycles. The number of hydrogen-bond acceptors (Lipinski definition) is 1. The normalized spacial score (nSPS) is 23.1. The van der Waals surface area contributed by atoms with Crippen LogP contribution >= 0.6 is 15.9 Å². The molecule has 1 aromatic rings. The van der Waals surface area contributed by atoms with Crippen LogP contribution in [0, 0.1) is 6.92 Å². The zero-order valence-corrected chi connectivity index (χ0v) is 13.2.